The molecule has 0 saturated carbocycles. The molecule has 1 fully saturated rings. The molecule has 0 aliphatic carbocycles. The normalized spacial score (nSPS) is 17.8. The number of guanidine groups is 1. The van der Waals surface area contributed by atoms with Gasteiger partial charge in [-0.25, -0.2) is 9.78 Å². The van der Waals surface area contributed by atoms with Crippen molar-refractivity contribution in [3.8, 4) is 0 Å². The average Bonchev–Trinajstić information content (AvgIpc) is 3.51. The molecular weight excluding hydrogens is 470 g/mol. The lowest BCUT2D eigenvalue weighted by Gasteiger charge is -2.30. The number of rotatable bonds is 13. The van der Waals surface area contributed by atoms with Crippen LogP contribution in [0.1, 0.15) is 45.2 Å². The lowest BCUT2D eigenvalue weighted by Crippen LogP contribution is -2.57. The van der Waals surface area contributed by atoms with Gasteiger partial charge in [-0.3, -0.25) is 19.4 Å². The minimum Gasteiger partial charge on any atom is -0.480 e. The summed E-state index contributed by atoms with van der Waals surface area (Å²) in [6.07, 6.45) is 4.47. The van der Waals surface area contributed by atoms with Gasteiger partial charge in [-0.05, 0) is 31.6 Å². The molecule has 3 amide bonds. The second-order valence-corrected chi connectivity index (χ2v) is 9.15. The van der Waals surface area contributed by atoms with Crippen LogP contribution in [0.15, 0.2) is 17.5 Å². The van der Waals surface area contributed by atoms with Crippen LogP contribution in [-0.2, 0) is 25.6 Å². The first-order valence-corrected chi connectivity index (χ1v) is 11.9. The van der Waals surface area contributed by atoms with E-state index in [1.54, 1.807) is 13.8 Å². The topological polar surface area (TPSA) is 235 Å². The van der Waals surface area contributed by atoms with E-state index in [-0.39, 0.29) is 31.3 Å². The number of aliphatic carboxylic acids is 1. The number of likely N-dealkylation sites (tertiary alicyclic amines) is 1. The zero-order valence-corrected chi connectivity index (χ0v) is 20.6. The van der Waals surface area contributed by atoms with Gasteiger partial charge in [-0.15, -0.1) is 0 Å². The summed E-state index contributed by atoms with van der Waals surface area (Å²) in [6, 6.07) is -3.81. The van der Waals surface area contributed by atoms with Crippen LogP contribution >= 0.6 is 0 Å². The Morgan fingerprint density at radius 3 is 2.56 bits per heavy atom. The number of hydrogen-bond donors (Lipinski definition) is 7. The molecule has 1 aromatic rings. The number of carboxylic acids is 1. The zero-order valence-electron chi connectivity index (χ0n) is 20.6. The van der Waals surface area contributed by atoms with Gasteiger partial charge in [0.25, 0.3) is 0 Å². The molecule has 0 bridgehead atoms. The first-order valence-electron chi connectivity index (χ1n) is 11.9. The summed E-state index contributed by atoms with van der Waals surface area (Å²) in [6.45, 7) is 4.15. The van der Waals surface area contributed by atoms with Gasteiger partial charge in [0.15, 0.2) is 5.96 Å². The number of carbonyl (C=O) groups is 4. The highest BCUT2D eigenvalue weighted by Crippen LogP contribution is 2.20. The third kappa shape index (κ3) is 8.22. The van der Waals surface area contributed by atoms with Crippen molar-refractivity contribution >= 4 is 29.7 Å². The molecule has 14 heteroatoms. The highest BCUT2D eigenvalue weighted by Gasteiger charge is 2.39. The molecule has 10 N–H and O–H groups in total. The Labute approximate surface area is 209 Å². The number of nitrogens with two attached hydrogens (primary N) is 3. The van der Waals surface area contributed by atoms with E-state index in [4.69, 9.17) is 17.2 Å². The summed E-state index contributed by atoms with van der Waals surface area (Å²) < 4.78 is 0. The molecule has 1 aliphatic rings. The minimum absolute atomic E-state index is 0.0122. The summed E-state index contributed by atoms with van der Waals surface area (Å²) in [5.74, 6) is -2.92. The average molecular weight is 508 g/mol. The van der Waals surface area contributed by atoms with Gasteiger partial charge in [0.1, 0.15) is 18.1 Å². The van der Waals surface area contributed by atoms with E-state index < -0.39 is 47.9 Å². The van der Waals surface area contributed by atoms with Crippen LogP contribution in [-0.4, -0.2) is 86.9 Å². The van der Waals surface area contributed by atoms with Gasteiger partial charge in [-0.1, -0.05) is 13.8 Å². The van der Waals surface area contributed by atoms with Crippen molar-refractivity contribution in [3.63, 3.8) is 0 Å². The Hall–Kier alpha value is -3.68. The maximum absolute atomic E-state index is 13.5. The number of aromatic amines is 1. The lowest BCUT2D eigenvalue weighted by atomic mass is 10.0. The van der Waals surface area contributed by atoms with Crippen LogP contribution < -0.4 is 27.8 Å². The number of aromatic nitrogens is 2. The van der Waals surface area contributed by atoms with Crippen molar-refractivity contribution < 1.29 is 24.3 Å². The Bertz CT molecular complexity index is 930. The van der Waals surface area contributed by atoms with Crippen LogP contribution in [0.3, 0.4) is 0 Å². The van der Waals surface area contributed by atoms with Gasteiger partial charge in [0.05, 0.1) is 12.4 Å². The third-order valence-corrected chi connectivity index (χ3v) is 6.01. The number of carboxylic acid groups (broad SMARTS) is 1. The number of carbonyl (C=O) groups excluding carboxylic acids is 3. The van der Waals surface area contributed by atoms with Crippen molar-refractivity contribution in [1.82, 2.24) is 25.5 Å². The largest absolute Gasteiger partial charge is 0.480 e. The standard InChI is InChI=1S/C22H37N9O5/c1-12(2)17(23)19(33)29-14(5-3-7-27-22(24)25)20(34)31-8-4-6-16(31)18(32)30-15(21(35)36)9-13-10-26-11-28-13/h10-12,14-17H,3-9,23H2,1-2H3,(H,26,28)(H,29,33)(H,30,32)(H,35,36)(H4,24,25,27). The monoisotopic (exact) mass is 507 g/mol. The summed E-state index contributed by atoms with van der Waals surface area (Å²) in [4.78, 5) is 62.8. The van der Waals surface area contributed by atoms with Crippen LogP contribution in [0.25, 0.3) is 0 Å². The highest BCUT2D eigenvalue weighted by atomic mass is 16.4. The van der Waals surface area contributed by atoms with Crippen molar-refractivity contribution in [2.75, 3.05) is 13.1 Å². The first kappa shape index (κ1) is 28.6. The zero-order chi connectivity index (χ0) is 26.8. The smallest absolute Gasteiger partial charge is 0.326 e. The van der Waals surface area contributed by atoms with Crippen LogP contribution in [0.4, 0.5) is 0 Å². The number of nitrogens with one attached hydrogen (secondary N) is 3. The summed E-state index contributed by atoms with van der Waals surface area (Å²) in [7, 11) is 0. The molecule has 4 unspecified atom stereocenters. The van der Waals surface area contributed by atoms with E-state index in [0.29, 0.717) is 31.5 Å². The Kier molecular flexibility index (Phi) is 10.6. The fraction of sp³-hybridized carbons (Fsp3) is 0.636. The summed E-state index contributed by atoms with van der Waals surface area (Å²) >= 11 is 0. The number of hydrogen-bond acceptors (Lipinski definition) is 7. The van der Waals surface area contributed by atoms with Gasteiger partial charge >= 0.3 is 5.97 Å². The SMILES string of the molecule is CC(C)C(N)C(=O)NC(CCCN=C(N)N)C(=O)N1CCCC1C(=O)NC(Cc1cnc[nH]1)C(=O)O. The van der Waals surface area contributed by atoms with Gasteiger partial charge in [0, 0.05) is 31.4 Å². The molecule has 200 valence electrons. The molecule has 2 heterocycles. The molecule has 1 aliphatic heterocycles. The fourth-order valence-corrected chi connectivity index (χ4v) is 3.92. The van der Waals surface area contributed by atoms with Crippen molar-refractivity contribution in [2.24, 2.45) is 28.1 Å². The van der Waals surface area contributed by atoms with Gasteiger partial charge < -0.3 is 42.8 Å². The van der Waals surface area contributed by atoms with E-state index in [2.05, 4.69) is 25.6 Å². The van der Waals surface area contributed by atoms with E-state index in [0.717, 1.165) is 0 Å². The number of nitrogens with zero attached hydrogens (tertiary/aromatic N) is 3. The van der Waals surface area contributed by atoms with E-state index in [1.165, 1.54) is 17.4 Å². The lowest BCUT2D eigenvalue weighted by molar-refractivity contribution is -0.145. The highest BCUT2D eigenvalue weighted by molar-refractivity contribution is 5.94. The molecule has 0 spiro atoms. The van der Waals surface area contributed by atoms with Crippen LogP contribution in [0, 0.1) is 5.92 Å². The predicted molar refractivity (Wildman–Crippen MR) is 131 cm³/mol. The van der Waals surface area contributed by atoms with E-state index in [1.807, 2.05) is 0 Å². The molecule has 4 atom stereocenters. The number of imidazole rings is 1. The molecule has 1 saturated heterocycles. The van der Waals surface area contributed by atoms with E-state index >= 15 is 0 Å². The van der Waals surface area contributed by atoms with Crippen molar-refractivity contribution in [2.45, 2.75) is 70.1 Å². The maximum Gasteiger partial charge on any atom is 0.326 e. The molecule has 36 heavy (non-hydrogen) atoms. The quantitative estimate of drug-likeness (QED) is 0.0889. The van der Waals surface area contributed by atoms with Crippen LogP contribution in [0.2, 0.25) is 0 Å². The maximum atomic E-state index is 13.5. The number of aliphatic imine (C=N–C) groups is 1. The molecule has 14 nitrogen and oxygen atoms in total. The van der Waals surface area contributed by atoms with Gasteiger partial charge in [-0.2, -0.15) is 0 Å². The Balaban J connectivity index is 2.13. The number of amides is 3. The molecule has 2 rings (SSSR count). The predicted octanol–water partition coefficient (Wildman–Crippen LogP) is -1.97. The molecule has 0 radical (unpaired) electrons. The van der Waals surface area contributed by atoms with Crippen molar-refractivity contribution in [3.05, 3.63) is 18.2 Å². The molecular formula is C22H37N9O5. The second-order valence-electron chi connectivity index (χ2n) is 9.15. The molecule has 0 aromatic carbocycles. The fourth-order valence-electron chi connectivity index (χ4n) is 3.92. The number of H-pyrrole nitrogens is 1. The van der Waals surface area contributed by atoms with Crippen molar-refractivity contribution in [1.29, 1.82) is 0 Å². The minimum atomic E-state index is -1.21. The second kappa shape index (κ2) is 13.4. The summed E-state index contributed by atoms with van der Waals surface area (Å²) in [5.41, 5.74) is 17.2. The third-order valence-electron chi connectivity index (χ3n) is 6.01. The van der Waals surface area contributed by atoms with Crippen LogP contribution in [0.5, 0.6) is 0 Å². The Morgan fingerprint density at radius 2 is 1.97 bits per heavy atom. The first-order chi connectivity index (χ1) is 17.0. The van der Waals surface area contributed by atoms with Gasteiger partial charge in [0.2, 0.25) is 17.7 Å². The summed E-state index contributed by atoms with van der Waals surface area (Å²) in [5, 5.41) is 14.8. The molecule has 1 aromatic heterocycles. The Morgan fingerprint density at radius 1 is 1.25 bits per heavy atom. The van der Waals surface area contributed by atoms with E-state index in [9.17, 15) is 24.3 Å².